The van der Waals surface area contributed by atoms with Gasteiger partial charge in [-0.2, -0.15) is 4.39 Å². The van der Waals surface area contributed by atoms with Crippen molar-refractivity contribution in [3.8, 4) is 12.3 Å². The summed E-state index contributed by atoms with van der Waals surface area (Å²) in [5, 5.41) is 0. The van der Waals surface area contributed by atoms with E-state index in [1.165, 1.54) is 0 Å². The van der Waals surface area contributed by atoms with Crippen molar-refractivity contribution >= 4 is 7.82 Å². The second kappa shape index (κ2) is 2.58. The fraction of sp³-hybridized carbons (Fsp3) is 0.600. The summed E-state index contributed by atoms with van der Waals surface area (Å²) in [5.74, 6) is -0.747. The molecule has 1 aliphatic rings. The van der Waals surface area contributed by atoms with Gasteiger partial charge < -0.3 is 0 Å². The van der Waals surface area contributed by atoms with Crippen LogP contribution < -0.4 is 0 Å². The summed E-state index contributed by atoms with van der Waals surface area (Å²) >= 11 is 0. The highest BCUT2D eigenvalue weighted by molar-refractivity contribution is 7.48. The van der Waals surface area contributed by atoms with Crippen LogP contribution in [0.4, 0.5) is 4.39 Å². The van der Waals surface area contributed by atoms with E-state index in [0.717, 1.165) is 7.11 Å². The van der Waals surface area contributed by atoms with Gasteiger partial charge in [0.15, 0.2) is 0 Å². The minimum Gasteiger partial charge on any atom is -0.290 e. The van der Waals surface area contributed by atoms with E-state index in [2.05, 4.69) is 13.6 Å². The molecule has 2 unspecified atom stereocenters. The molecule has 0 radical (unpaired) electrons. The van der Waals surface area contributed by atoms with Crippen LogP contribution in [0.2, 0.25) is 0 Å². The van der Waals surface area contributed by atoms with Gasteiger partial charge in [-0.05, 0) is 5.92 Å². The summed E-state index contributed by atoms with van der Waals surface area (Å²) in [4.78, 5) is 0. The first-order valence-electron chi connectivity index (χ1n) is 2.71. The normalized spacial score (nSPS) is 43.7. The maximum absolute atomic E-state index is 12.9. The number of phosphoric ester groups is 1. The minimum absolute atomic E-state index is 0.561. The van der Waals surface area contributed by atoms with Gasteiger partial charge in [-0.3, -0.25) is 9.05 Å². The fourth-order valence-corrected chi connectivity index (χ4v) is 1.57. The van der Waals surface area contributed by atoms with Crippen LogP contribution in [0.5, 0.6) is 0 Å². The first-order chi connectivity index (χ1) is 5.04. The van der Waals surface area contributed by atoms with Gasteiger partial charge >= 0.3 is 13.7 Å². The summed E-state index contributed by atoms with van der Waals surface area (Å²) in [6.07, 6.45) is 4.74. The molecule has 6 heteroatoms. The zero-order chi connectivity index (χ0) is 8.54. The van der Waals surface area contributed by atoms with Crippen molar-refractivity contribution in [2.75, 3.05) is 13.7 Å². The molecule has 4 nitrogen and oxygen atoms in total. The van der Waals surface area contributed by atoms with Crippen LogP contribution in [0, 0.1) is 12.3 Å². The molecular weight excluding hydrogens is 174 g/mol. The molecule has 1 fully saturated rings. The van der Waals surface area contributed by atoms with Gasteiger partial charge in [0, 0.05) is 7.11 Å². The van der Waals surface area contributed by atoms with Crippen LogP contribution in [0.1, 0.15) is 0 Å². The standard InChI is InChI=1S/C5H6FO4P/c1-3-5(6)4-9-11(7,8-2)10-5/h1H,4H2,2H3. The first kappa shape index (κ1) is 8.69. The van der Waals surface area contributed by atoms with Crippen molar-refractivity contribution < 1.29 is 22.5 Å². The highest BCUT2D eigenvalue weighted by Crippen LogP contribution is 2.57. The third kappa shape index (κ3) is 1.60. The molecule has 62 valence electrons. The molecule has 0 aliphatic carbocycles. The van der Waals surface area contributed by atoms with Crippen molar-refractivity contribution in [3.63, 3.8) is 0 Å². The molecule has 0 aromatic carbocycles. The Balaban J connectivity index is 2.76. The maximum atomic E-state index is 12.9. The molecular formula is C5H6FO4P. The Bertz CT molecular complexity index is 247. The highest BCUT2D eigenvalue weighted by atomic mass is 31.2. The van der Waals surface area contributed by atoms with Gasteiger partial charge in [-0.25, -0.2) is 9.09 Å². The topological polar surface area (TPSA) is 44.8 Å². The number of rotatable bonds is 1. The quantitative estimate of drug-likeness (QED) is 0.447. The summed E-state index contributed by atoms with van der Waals surface area (Å²) < 4.78 is 36.7. The Labute approximate surface area is 63.2 Å². The van der Waals surface area contributed by atoms with E-state index in [-0.39, 0.29) is 0 Å². The van der Waals surface area contributed by atoms with Crippen molar-refractivity contribution in [2.45, 2.75) is 5.85 Å². The summed E-state index contributed by atoms with van der Waals surface area (Å²) in [7, 11) is -2.62. The van der Waals surface area contributed by atoms with Gasteiger partial charge in [0.25, 0.3) is 0 Å². The first-order valence-corrected chi connectivity index (χ1v) is 4.17. The number of halogens is 1. The van der Waals surface area contributed by atoms with E-state index in [0.29, 0.717) is 0 Å². The Morgan fingerprint density at radius 1 is 1.91 bits per heavy atom. The highest BCUT2D eigenvalue weighted by Gasteiger charge is 2.48. The van der Waals surface area contributed by atoms with E-state index in [4.69, 9.17) is 6.42 Å². The van der Waals surface area contributed by atoms with Crippen molar-refractivity contribution in [3.05, 3.63) is 0 Å². The van der Waals surface area contributed by atoms with E-state index in [9.17, 15) is 8.96 Å². The lowest BCUT2D eigenvalue weighted by molar-refractivity contribution is 0.00946. The van der Waals surface area contributed by atoms with Crippen LogP contribution in [-0.4, -0.2) is 19.6 Å². The second-order valence-corrected chi connectivity index (χ2v) is 3.57. The van der Waals surface area contributed by atoms with Crippen LogP contribution in [0.3, 0.4) is 0 Å². The van der Waals surface area contributed by atoms with Gasteiger partial charge in [0.1, 0.15) is 6.61 Å². The third-order valence-electron chi connectivity index (χ3n) is 1.10. The molecule has 0 saturated carbocycles. The lowest BCUT2D eigenvalue weighted by atomic mass is 10.4. The Morgan fingerprint density at radius 2 is 2.55 bits per heavy atom. The van der Waals surface area contributed by atoms with Crippen LogP contribution in [-0.2, 0) is 18.1 Å². The molecule has 11 heavy (non-hydrogen) atoms. The van der Waals surface area contributed by atoms with Crippen molar-refractivity contribution in [2.24, 2.45) is 0 Å². The van der Waals surface area contributed by atoms with Crippen molar-refractivity contribution in [1.29, 1.82) is 0 Å². The van der Waals surface area contributed by atoms with Gasteiger partial charge in [0.05, 0.1) is 0 Å². The second-order valence-electron chi connectivity index (χ2n) is 1.87. The molecule has 0 spiro atoms. The zero-order valence-corrected chi connectivity index (χ0v) is 6.64. The molecule has 0 aromatic rings. The fourth-order valence-electron chi connectivity index (χ4n) is 0.550. The Morgan fingerprint density at radius 3 is 2.82 bits per heavy atom. The van der Waals surface area contributed by atoms with Gasteiger partial charge in [-0.15, -0.1) is 6.42 Å². The average molecular weight is 180 g/mol. The predicted octanol–water partition coefficient (Wildman–Crippen LogP) is 1.09. The van der Waals surface area contributed by atoms with Crippen LogP contribution in [0.15, 0.2) is 0 Å². The summed E-state index contributed by atoms with van der Waals surface area (Å²) in [5.41, 5.74) is 0. The lowest BCUT2D eigenvalue weighted by Gasteiger charge is -2.08. The van der Waals surface area contributed by atoms with Crippen LogP contribution >= 0.6 is 7.82 Å². The largest absolute Gasteiger partial charge is 0.478 e. The third-order valence-corrected chi connectivity index (χ3v) is 2.51. The van der Waals surface area contributed by atoms with E-state index in [1.54, 1.807) is 5.92 Å². The molecule has 1 aliphatic heterocycles. The Kier molecular flexibility index (Phi) is 2.04. The van der Waals surface area contributed by atoms with E-state index < -0.39 is 20.3 Å². The molecule has 0 amide bonds. The van der Waals surface area contributed by atoms with E-state index >= 15 is 0 Å². The Hall–Kier alpha value is -0.400. The minimum atomic E-state index is -3.71. The molecule has 1 heterocycles. The maximum Gasteiger partial charge on any atom is 0.478 e. The smallest absolute Gasteiger partial charge is 0.290 e. The van der Waals surface area contributed by atoms with E-state index in [1.807, 2.05) is 0 Å². The number of alkyl halides is 1. The molecule has 1 saturated heterocycles. The SMILES string of the molecule is C#CC1(F)COP(=O)(OC)O1. The van der Waals surface area contributed by atoms with Crippen LogP contribution in [0.25, 0.3) is 0 Å². The molecule has 2 atom stereocenters. The molecule has 0 aromatic heterocycles. The molecule has 1 rings (SSSR count). The number of hydrogen-bond acceptors (Lipinski definition) is 4. The van der Waals surface area contributed by atoms with Gasteiger partial charge in [-0.1, -0.05) is 0 Å². The summed E-state index contributed by atoms with van der Waals surface area (Å²) in [6.45, 7) is -0.561. The molecule has 0 N–H and O–H groups in total. The zero-order valence-electron chi connectivity index (χ0n) is 5.74. The molecule has 0 bridgehead atoms. The average Bonchev–Trinajstić information content (AvgIpc) is 2.30. The van der Waals surface area contributed by atoms with Crippen molar-refractivity contribution in [1.82, 2.24) is 0 Å². The lowest BCUT2D eigenvalue weighted by Crippen LogP contribution is -2.21. The number of terminal acetylenes is 1. The number of hydrogen-bond donors (Lipinski definition) is 0. The summed E-state index contributed by atoms with van der Waals surface area (Å²) in [6, 6.07) is 0. The van der Waals surface area contributed by atoms with Gasteiger partial charge in [0.2, 0.25) is 0 Å². The number of phosphoric acid groups is 1. The monoisotopic (exact) mass is 180 g/mol. The predicted molar refractivity (Wildman–Crippen MR) is 34.3 cm³/mol.